The molecule has 1 saturated heterocycles. The standard InChI is InChI=1S/C20H26N4O/c1-3-23(15-17-9-5-4-6-10-17)20-21-12-11-18(22-20)19(25)24-13-7-8-16(2)14-24/h4-6,9-12,16H,3,7-8,13-15H2,1-2H3. The molecule has 1 unspecified atom stereocenters. The predicted octanol–water partition coefficient (Wildman–Crippen LogP) is 3.38. The summed E-state index contributed by atoms with van der Waals surface area (Å²) in [6, 6.07) is 12.0. The predicted molar refractivity (Wildman–Crippen MR) is 99.5 cm³/mol. The molecule has 1 aromatic carbocycles. The minimum atomic E-state index is 0.0194. The van der Waals surface area contributed by atoms with Crippen LogP contribution in [0.1, 0.15) is 42.7 Å². The van der Waals surface area contributed by atoms with Gasteiger partial charge in [-0.2, -0.15) is 0 Å². The number of anilines is 1. The fraction of sp³-hybridized carbons (Fsp3) is 0.450. The average molecular weight is 338 g/mol. The lowest BCUT2D eigenvalue weighted by Crippen LogP contribution is -2.39. The molecule has 1 amide bonds. The Hall–Kier alpha value is -2.43. The van der Waals surface area contributed by atoms with Gasteiger partial charge in [0, 0.05) is 32.4 Å². The van der Waals surface area contributed by atoms with Crippen LogP contribution >= 0.6 is 0 Å². The Labute approximate surface area is 149 Å². The van der Waals surface area contributed by atoms with Crippen molar-refractivity contribution in [3.63, 3.8) is 0 Å². The Morgan fingerprint density at radius 2 is 2.08 bits per heavy atom. The first-order valence-electron chi connectivity index (χ1n) is 9.08. The smallest absolute Gasteiger partial charge is 0.272 e. The summed E-state index contributed by atoms with van der Waals surface area (Å²) in [6.45, 7) is 7.43. The summed E-state index contributed by atoms with van der Waals surface area (Å²) in [5.74, 6) is 1.19. The number of carbonyl (C=O) groups excluding carboxylic acids is 1. The number of hydrogen-bond acceptors (Lipinski definition) is 4. The van der Waals surface area contributed by atoms with Crippen LogP contribution in [0.5, 0.6) is 0 Å². The second-order valence-electron chi connectivity index (χ2n) is 6.74. The van der Waals surface area contributed by atoms with E-state index in [2.05, 4.69) is 40.8 Å². The van der Waals surface area contributed by atoms with Gasteiger partial charge in [0.05, 0.1) is 0 Å². The van der Waals surface area contributed by atoms with Gasteiger partial charge >= 0.3 is 0 Å². The summed E-state index contributed by atoms with van der Waals surface area (Å²) in [5, 5.41) is 0. The highest BCUT2D eigenvalue weighted by Gasteiger charge is 2.23. The van der Waals surface area contributed by atoms with Crippen LogP contribution < -0.4 is 4.90 Å². The van der Waals surface area contributed by atoms with Gasteiger partial charge in [-0.15, -0.1) is 0 Å². The van der Waals surface area contributed by atoms with Crippen LogP contribution in [0.4, 0.5) is 5.95 Å². The van der Waals surface area contributed by atoms with Gasteiger partial charge in [0.1, 0.15) is 5.69 Å². The van der Waals surface area contributed by atoms with Crippen LogP contribution in [0.15, 0.2) is 42.6 Å². The average Bonchev–Trinajstić information content (AvgIpc) is 2.66. The van der Waals surface area contributed by atoms with Crippen molar-refractivity contribution < 1.29 is 4.79 Å². The zero-order valence-corrected chi connectivity index (χ0v) is 15.1. The van der Waals surface area contributed by atoms with Crippen LogP contribution in [-0.4, -0.2) is 40.4 Å². The highest BCUT2D eigenvalue weighted by Crippen LogP contribution is 2.18. The maximum absolute atomic E-state index is 12.8. The molecule has 0 N–H and O–H groups in total. The summed E-state index contributed by atoms with van der Waals surface area (Å²) in [6.07, 6.45) is 3.95. The van der Waals surface area contributed by atoms with Crippen LogP contribution in [0.2, 0.25) is 0 Å². The van der Waals surface area contributed by atoms with E-state index in [4.69, 9.17) is 0 Å². The second kappa shape index (κ2) is 8.10. The molecule has 1 aromatic heterocycles. The number of aromatic nitrogens is 2. The molecule has 0 saturated carbocycles. The number of piperidine rings is 1. The molecule has 2 aromatic rings. The molecule has 5 heteroatoms. The normalized spacial score (nSPS) is 17.4. The van der Waals surface area contributed by atoms with Gasteiger partial charge in [-0.05, 0) is 37.3 Å². The molecular weight excluding hydrogens is 312 g/mol. The van der Waals surface area contributed by atoms with Gasteiger partial charge in [-0.25, -0.2) is 9.97 Å². The van der Waals surface area contributed by atoms with E-state index in [-0.39, 0.29) is 5.91 Å². The largest absolute Gasteiger partial charge is 0.337 e. The van der Waals surface area contributed by atoms with Crippen LogP contribution in [0.3, 0.4) is 0 Å². The summed E-state index contributed by atoms with van der Waals surface area (Å²) >= 11 is 0. The molecule has 2 heterocycles. The quantitative estimate of drug-likeness (QED) is 0.839. The number of nitrogens with zero attached hydrogens (tertiary/aromatic N) is 4. The van der Waals surface area contributed by atoms with Crippen molar-refractivity contribution in [2.75, 3.05) is 24.5 Å². The van der Waals surface area contributed by atoms with Crippen molar-refractivity contribution in [2.24, 2.45) is 5.92 Å². The SMILES string of the molecule is CCN(Cc1ccccc1)c1nccc(C(=O)N2CCCC(C)C2)n1. The third-order valence-corrected chi connectivity index (χ3v) is 4.69. The van der Waals surface area contributed by atoms with Crippen molar-refractivity contribution in [1.29, 1.82) is 0 Å². The van der Waals surface area contributed by atoms with E-state index in [9.17, 15) is 4.79 Å². The first kappa shape index (κ1) is 17.4. The first-order valence-corrected chi connectivity index (χ1v) is 9.08. The molecule has 1 aliphatic rings. The maximum atomic E-state index is 12.8. The van der Waals surface area contributed by atoms with Gasteiger partial charge in [-0.3, -0.25) is 4.79 Å². The minimum Gasteiger partial charge on any atom is -0.337 e. The van der Waals surface area contributed by atoms with E-state index in [0.717, 1.165) is 32.6 Å². The lowest BCUT2D eigenvalue weighted by atomic mass is 10.00. The molecule has 132 valence electrons. The topological polar surface area (TPSA) is 49.3 Å². The Morgan fingerprint density at radius 3 is 2.80 bits per heavy atom. The first-order chi connectivity index (χ1) is 12.2. The molecular formula is C20H26N4O. The minimum absolute atomic E-state index is 0.0194. The molecule has 3 rings (SSSR count). The van der Waals surface area contributed by atoms with Crippen molar-refractivity contribution in [3.8, 4) is 0 Å². The highest BCUT2D eigenvalue weighted by atomic mass is 16.2. The van der Waals surface area contributed by atoms with E-state index < -0.39 is 0 Å². The van der Waals surface area contributed by atoms with Crippen LogP contribution in [0, 0.1) is 5.92 Å². The van der Waals surface area contributed by atoms with Crippen molar-refractivity contribution in [3.05, 3.63) is 53.9 Å². The van der Waals surface area contributed by atoms with E-state index in [0.29, 0.717) is 17.6 Å². The zero-order chi connectivity index (χ0) is 17.6. The zero-order valence-electron chi connectivity index (χ0n) is 15.1. The number of carbonyl (C=O) groups is 1. The lowest BCUT2D eigenvalue weighted by Gasteiger charge is -2.30. The monoisotopic (exact) mass is 338 g/mol. The van der Waals surface area contributed by atoms with E-state index in [1.54, 1.807) is 12.3 Å². The molecule has 1 fully saturated rings. The van der Waals surface area contributed by atoms with Gasteiger partial charge in [0.2, 0.25) is 5.95 Å². The van der Waals surface area contributed by atoms with Crippen LogP contribution in [-0.2, 0) is 6.54 Å². The third kappa shape index (κ3) is 4.35. The summed E-state index contributed by atoms with van der Waals surface area (Å²) in [7, 11) is 0. The summed E-state index contributed by atoms with van der Waals surface area (Å²) in [4.78, 5) is 25.8. The fourth-order valence-corrected chi connectivity index (χ4v) is 3.28. The Morgan fingerprint density at radius 1 is 1.28 bits per heavy atom. The number of hydrogen-bond donors (Lipinski definition) is 0. The molecule has 1 atom stereocenters. The van der Waals surface area contributed by atoms with Gasteiger partial charge in [0.15, 0.2) is 0 Å². The van der Waals surface area contributed by atoms with E-state index >= 15 is 0 Å². The van der Waals surface area contributed by atoms with E-state index in [1.807, 2.05) is 23.1 Å². The number of likely N-dealkylation sites (tertiary alicyclic amines) is 1. The van der Waals surface area contributed by atoms with Gasteiger partial charge in [0.25, 0.3) is 5.91 Å². The summed E-state index contributed by atoms with van der Waals surface area (Å²) in [5.41, 5.74) is 1.69. The fourth-order valence-electron chi connectivity index (χ4n) is 3.28. The van der Waals surface area contributed by atoms with Crippen molar-refractivity contribution >= 4 is 11.9 Å². The molecule has 0 spiro atoms. The molecule has 0 bridgehead atoms. The number of rotatable bonds is 5. The summed E-state index contributed by atoms with van der Waals surface area (Å²) < 4.78 is 0. The lowest BCUT2D eigenvalue weighted by molar-refractivity contribution is 0.0677. The van der Waals surface area contributed by atoms with Crippen LogP contribution in [0.25, 0.3) is 0 Å². The number of benzene rings is 1. The molecule has 25 heavy (non-hydrogen) atoms. The molecule has 1 aliphatic heterocycles. The van der Waals surface area contributed by atoms with E-state index in [1.165, 1.54) is 12.0 Å². The molecule has 5 nitrogen and oxygen atoms in total. The highest BCUT2D eigenvalue weighted by molar-refractivity contribution is 5.92. The maximum Gasteiger partial charge on any atom is 0.272 e. The van der Waals surface area contributed by atoms with Crippen molar-refractivity contribution in [1.82, 2.24) is 14.9 Å². The van der Waals surface area contributed by atoms with Gasteiger partial charge < -0.3 is 9.80 Å². The van der Waals surface area contributed by atoms with Crippen molar-refractivity contribution in [2.45, 2.75) is 33.2 Å². The third-order valence-electron chi connectivity index (χ3n) is 4.69. The van der Waals surface area contributed by atoms with Gasteiger partial charge in [-0.1, -0.05) is 37.3 Å². The second-order valence-corrected chi connectivity index (χ2v) is 6.74. The Bertz CT molecular complexity index is 704. The molecule has 0 radical (unpaired) electrons. The Balaban J connectivity index is 1.76. The molecule has 0 aliphatic carbocycles. The Kier molecular flexibility index (Phi) is 5.64. The number of amides is 1.